The van der Waals surface area contributed by atoms with Gasteiger partial charge in [-0.05, 0) is 43.4 Å². The van der Waals surface area contributed by atoms with Crippen LogP contribution >= 0.6 is 0 Å². The number of alkyl halides is 3. The van der Waals surface area contributed by atoms with Crippen molar-refractivity contribution in [1.29, 1.82) is 0 Å². The Morgan fingerprint density at radius 2 is 1.81 bits per heavy atom. The fourth-order valence-corrected chi connectivity index (χ4v) is 2.91. The van der Waals surface area contributed by atoms with Crippen LogP contribution in [0.4, 0.5) is 18.9 Å². The fraction of sp³-hybridized carbons (Fsp3) is 0.632. The van der Waals surface area contributed by atoms with Crippen LogP contribution in [-0.4, -0.2) is 38.3 Å². The van der Waals surface area contributed by atoms with Crippen LogP contribution in [0, 0.1) is 5.92 Å². The van der Waals surface area contributed by atoms with E-state index in [1.165, 1.54) is 18.5 Å². The summed E-state index contributed by atoms with van der Waals surface area (Å²) in [5, 5.41) is 5.69. The number of nitrogens with one attached hydrogen (secondary N) is 2. The molecule has 146 valence electrons. The lowest BCUT2D eigenvalue weighted by Gasteiger charge is -2.32. The van der Waals surface area contributed by atoms with Crippen molar-refractivity contribution in [2.75, 3.05) is 31.1 Å². The van der Waals surface area contributed by atoms with Gasteiger partial charge in [0.25, 0.3) is 0 Å². The maximum atomic E-state index is 12.3. The Hall–Kier alpha value is -1.92. The predicted molar refractivity (Wildman–Crippen MR) is 101 cm³/mol. The summed E-state index contributed by atoms with van der Waals surface area (Å²) in [5.74, 6) is 1.21. The molecule has 0 amide bonds. The zero-order chi connectivity index (χ0) is 19.0. The highest BCUT2D eigenvalue weighted by Crippen LogP contribution is 2.23. The Balaban J connectivity index is 1.87. The maximum Gasteiger partial charge on any atom is 0.390 e. The van der Waals surface area contributed by atoms with Crippen LogP contribution in [0.25, 0.3) is 0 Å². The number of anilines is 1. The Morgan fingerprint density at radius 1 is 1.15 bits per heavy atom. The molecule has 1 aliphatic rings. The minimum atomic E-state index is -4.16. The maximum absolute atomic E-state index is 12.3. The number of benzene rings is 1. The third kappa shape index (κ3) is 7.14. The topological polar surface area (TPSA) is 39.7 Å². The highest BCUT2D eigenvalue weighted by Gasteiger charge is 2.26. The molecule has 1 aromatic carbocycles. The van der Waals surface area contributed by atoms with Crippen molar-refractivity contribution in [3.05, 3.63) is 29.8 Å². The van der Waals surface area contributed by atoms with E-state index < -0.39 is 12.6 Å². The molecule has 7 heteroatoms. The van der Waals surface area contributed by atoms with Gasteiger partial charge in [-0.3, -0.25) is 0 Å². The minimum absolute atomic E-state index is 0.179. The lowest BCUT2D eigenvalue weighted by Crippen LogP contribution is -2.38. The molecule has 4 nitrogen and oxygen atoms in total. The molecule has 0 atom stereocenters. The number of guanidine groups is 1. The van der Waals surface area contributed by atoms with Gasteiger partial charge < -0.3 is 15.5 Å². The second-order valence-corrected chi connectivity index (χ2v) is 6.82. The molecule has 0 radical (unpaired) electrons. The summed E-state index contributed by atoms with van der Waals surface area (Å²) in [5.41, 5.74) is 2.26. The van der Waals surface area contributed by atoms with Crippen LogP contribution in [-0.2, 0) is 6.54 Å². The van der Waals surface area contributed by atoms with Crippen molar-refractivity contribution in [2.24, 2.45) is 10.9 Å². The summed E-state index contributed by atoms with van der Waals surface area (Å²) < 4.78 is 36.8. The number of halogens is 3. The molecule has 0 aromatic heterocycles. The lowest BCUT2D eigenvalue weighted by molar-refractivity contribution is -0.132. The molecule has 0 saturated carbocycles. The SMILES string of the molecule is CCNC(=NCc1ccc(N2CCC(C)CC2)cc1)NCCC(F)(F)F. The number of nitrogens with zero attached hydrogens (tertiary/aromatic N) is 2. The van der Waals surface area contributed by atoms with Gasteiger partial charge in [0.2, 0.25) is 0 Å². The number of aliphatic imine (C=N–C) groups is 1. The summed E-state index contributed by atoms with van der Waals surface area (Å²) in [4.78, 5) is 6.77. The molecule has 0 bridgehead atoms. The molecule has 1 aliphatic heterocycles. The first-order chi connectivity index (χ1) is 12.4. The average Bonchev–Trinajstić information content (AvgIpc) is 2.60. The number of hydrogen-bond acceptors (Lipinski definition) is 2. The van der Waals surface area contributed by atoms with Crippen molar-refractivity contribution >= 4 is 11.6 Å². The van der Waals surface area contributed by atoms with Gasteiger partial charge in [-0.1, -0.05) is 19.1 Å². The summed E-state index contributed by atoms with van der Waals surface area (Å²) >= 11 is 0. The van der Waals surface area contributed by atoms with Gasteiger partial charge in [0, 0.05) is 31.9 Å². The van der Waals surface area contributed by atoms with Crippen LogP contribution in [0.15, 0.2) is 29.3 Å². The van der Waals surface area contributed by atoms with Gasteiger partial charge in [-0.15, -0.1) is 0 Å². The van der Waals surface area contributed by atoms with E-state index in [0.717, 1.165) is 24.6 Å². The average molecular weight is 370 g/mol. The van der Waals surface area contributed by atoms with Crippen LogP contribution in [0.3, 0.4) is 0 Å². The molecule has 1 fully saturated rings. The molecule has 0 unspecified atom stereocenters. The van der Waals surface area contributed by atoms with Crippen LogP contribution < -0.4 is 15.5 Å². The Kier molecular flexibility index (Phi) is 7.60. The molecule has 2 N–H and O–H groups in total. The van der Waals surface area contributed by atoms with E-state index in [0.29, 0.717) is 19.0 Å². The Labute approximate surface area is 153 Å². The van der Waals surface area contributed by atoms with Crippen molar-refractivity contribution in [2.45, 2.75) is 45.8 Å². The first-order valence-corrected chi connectivity index (χ1v) is 9.30. The minimum Gasteiger partial charge on any atom is -0.372 e. The van der Waals surface area contributed by atoms with Crippen LogP contribution in [0.1, 0.15) is 38.7 Å². The van der Waals surface area contributed by atoms with Crippen LogP contribution in [0.2, 0.25) is 0 Å². The van der Waals surface area contributed by atoms with Crippen molar-refractivity contribution in [3.63, 3.8) is 0 Å². The molecule has 1 heterocycles. The van der Waals surface area contributed by atoms with Crippen molar-refractivity contribution in [1.82, 2.24) is 10.6 Å². The Morgan fingerprint density at radius 3 is 2.38 bits per heavy atom. The van der Waals surface area contributed by atoms with Crippen molar-refractivity contribution in [3.8, 4) is 0 Å². The molecule has 0 spiro atoms. The lowest BCUT2D eigenvalue weighted by atomic mass is 9.99. The third-order valence-electron chi connectivity index (χ3n) is 4.55. The molecular formula is C19H29F3N4. The third-order valence-corrected chi connectivity index (χ3v) is 4.55. The monoisotopic (exact) mass is 370 g/mol. The zero-order valence-corrected chi connectivity index (χ0v) is 15.6. The molecule has 26 heavy (non-hydrogen) atoms. The predicted octanol–water partition coefficient (Wildman–Crippen LogP) is 3.93. The standard InChI is InChI=1S/C19H29F3N4/c1-3-23-18(24-11-10-19(20,21)22)25-14-16-4-6-17(7-5-16)26-12-8-15(2)9-13-26/h4-7,15H,3,8-14H2,1-2H3,(H2,23,24,25). The first-order valence-electron chi connectivity index (χ1n) is 9.30. The summed E-state index contributed by atoms with van der Waals surface area (Å²) in [6.45, 7) is 7.21. The van der Waals surface area contributed by atoms with E-state index in [1.807, 2.05) is 19.1 Å². The number of hydrogen-bond donors (Lipinski definition) is 2. The van der Waals surface area contributed by atoms with Gasteiger partial charge in [0.05, 0.1) is 13.0 Å². The normalized spacial score (nSPS) is 16.7. The summed E-state index contributed by atoms with van der Waals surface area (Å²) in [7, 11) is 0. The smallest absolute Gasteiger partial charge is 0.372 e. The zero-order valence-electron chi connectivity index (χ0n) is 15.6. The molecule has 0 aliphatic carbocycles. The quantitative estimate of drug-likeness (QED) is 0.589. The van der Waals surface area contributed by atoms with E-state index in [-0.39, 0.29) is 6.54 Å². The van der Waals surface area contributed by atoms with E-state index in [1.54, 1.807) is 0 Å². The number of rotatable bonds is 6. The highest BCUT2D eigenvalue weighted by molar-refractivity contribution is 5.79. The fourth-order valence-electron chi connectivity index (χ4n) is 2.91. The molecule has 1 aromatic rings. The second-order valence-electron chi connectivity index (χ2n) is 6.82. The molecule has 2 rings (SSSR count). The van der Waals surface area contributed by atoms with Crippen molar-refractivity contribution < 1.29 is 13.2 Å². The van der Waals surface area contributed by atoms with Gasteiger partial charge in [0.15, 0.2) is 5.96 Å². The number of piperidine rings is 1. The summed E-state index contributed by atoms with van der Waals surface area (Å²) in [6, 6.07) is 8.28. The van der Waals surface area contributed by atoms with E-state index >= 15 is 0 Å². The molecular weight excluding hydrogens is 341 g/mol. The Bertz CT molecular complexity index is 561. The van der Waals surface area contributed by atoms with Gasteiger partial charge in [-0.25, -0.2) is 4.99 Å². The van der Waals surface area contributed by atoms with E-state index in [4.69, 9.17) is 0 Å². The summed E-state index contributed by atoms with van der Waals surface area (Å²) in [6.07, 6.45) is -2.59. The second kappa shape index (κ2) is 9.69. The van der Waals surface area contributed by atoms with Gasteiger partial charge in [-0.2, -0.15) is 13.2 Å². The van der Waals surface area contributed by atoms with Gasteiger partial charge >= 0.3 is 6.18 Å². The van der Waals surface area contributed by atoms with E-state index in [9.17, 15) is 13.2 Å². The van der Waals surface area contributed by atoms with Crippen LogP contribution in [0.5, 0.6) is 0 Å². The largest absolute Gasteiger partial charge is 0.390 e. The first kappa shape index (κ1) is 20.4. The van der Waals surface area contributed by atoms with E-state index in [2.05, 4.69) is 39.6 Å². The molecule has 1 saturated heterocycles. The highest BCUT2D eigenvalue weighted by atomic mass is 19.4. The van der Waals surface area contributed by atoms with Gasteiger partial charge in [0.1, 0.15) is 0 Å².